The molecule has 0 bridgehead atoms. The summed E-state index contributed by atoms with van der Waals surface area (Å²) in [5, 5.41) is 13.0. The van der Waals surface area contributed by atoms with E-state index in [0.717, 1.165) is 44.9 Å². The second-order valence-corrected chi connectivity index (χ2v) is 8.74. The molecule has 3 aromatic rings. The van der Waals surface area contributed by atoms with E-state index < -0.39 is 7.12 Å². The van der Waals surface area contributed by atoms with E-state index in [4.69, 9.17) is 21.2 Å². The van der Waals surface area contributed by atoms with Gasteiger partial charge in [-0.05, 0) is 43.8 Å². The minimum absolute atomic E-state index is 0.331. The molecular weight excluding hydrogens is 395 g/mol. The Hall–Kier alpha value is -1.87. The van der Waals surface area contributed by atoms with Crippen LogP contribution in [0.3, 0.4) is 0 Å². The van der Waals surface area contributed by atoms with Gasteiger partial charge in [0, 0.05) is 36.8 Å². The molecular formula is C19H22BClN4O2S. The normalized spacial score (nSPS) is 16.7. The van der Waals surface area contributed by atoms with Crippen molar-refractivity contribution in [3.05, 3.63) is 46.2 Å². The number of hydrogen-bond donors (Lipinski definition) is 2. The van der Waals surface area contributed by atoms with Crippen LogP contribution in [0.5, 0.6) is 0 Å². The molecule has 1 unspecified atom stereocenters. The van der Waals surface area contributed by atoms with E-state index in [1.165, 1.54) is 11.3 Å². The molecule has 0 aromatic carbocycles. The monoisotopic (exact) mass is 416 g/mol. The molecule has 0 aliphatic carbocycles. The van der Waals surface area contributed by atoms with Crippen molar-refractivity contribution < 1.29 is 9.68 Å². The minimum atomic E-state index is -0.626. The summed E-state index contributed by atoms with van der Waals surface area (Å²) in [6.07, 6.45) is 5.62. The molecule has 3 aromatic heterocycles. The quantitative estimate of drug-likeness (QED) is 0.583. The molecule has 0 radical (unpaired) electrons. The maximum absolute atomic E-state index is 9.52. The highest BCUT2D eigenvalue weighted by Crippen LogP contribution is 2.32. The van der Waals surface area contributed by atoms with Crippen molar-refractivity contribution in [1.29, 1.82) is 0 Å². The third kappa shape index (κ3) is 4.25. The number of rotatable bonds is 6. The molecule has 6 nitrogen and oxygen atoms in total. The summed E-state index contributed by atoms with van der Waals surface area (Å²) in [5.41, 5.74) is 3.05. The lowest BCUT2D eigenvalue weighted by Crippen LogP contribution is -2.10. The lowest BCUT2D eigenvalue weighted by molar-refractivity contribution is 0.264. The van der Waals surface area contributed by atoms with Gasteiger partial charge >= 0.3 is 7.12 Å². The van der Waals surface area contributed by atoms with E-state index >= 15 is 0 Å². The first kappa shape index (κ1) is 19.5. The molecule has 0 amide bonds. The van der Waals surface area contributed by atoms with Crippen LogP contribution in [0.1, 0.15) is 18.2 Å². The van der Waals surface area contributed by atoms with E-state index in [-0.39, 0.29) is 0 Å². The molecule has 1 fully saturated rings. The predicted octanol–water partition coefficient (Wildman–Crippen LogP) is 4.40. The first-order valence-corrected chi connectivity index (χ1v) is 10.6. The summed E-state index contributed by atoms with van der Waals surface area (Å²) in [6, 6.07) is 5.85. The van der Waals surface area contributed by atoms with Crippen molar-refractivity contribution in [2.24, 2.45) is 5.92 Å². The molecule has 1 atom stereocenters. The Kier molecular flexibility index (Phi) is 5.73. The fraction of sp³-hybridized carbons (Fsp3) is 0.368. The third-order valence-corrected chi connectivity index (χ3v) is 6.13. The van der Waals surface area contributed by atoms with Gasteiger partial charge in [0.2, 0.25) is 0 Å². The molecule has 28 heavy (non-hydrogen) atoms. The second kappa shape index (κ2) is 8.25. The fourth-order valence-electron chi connectivity index (χ4n) is 3.53. The Morgan fingerprint density at radius 3 is 2.93 bits per heavy atom. The summed E-state index contributed by atoms with van der Waals surface area (Å²) >= 11 is 7.56. The summed E-state index contributed by atoms with van der Waals surface area (Å²) in [4.78, 5) is 10.4. The fourth-order valence-corrected chi connectivity index (χ4v) is 4.50. The van der Waals surface area contributed by atoms with Gasteiger partial charge in [-0.25, -0.2) is 9.97 Å². The van der Waals surface area contributed by atoms with Gasteiger partial charge in [0.25, 0.3) is 0 Å². The number of nitrogens with one attached hydrogen (secondary N) is 1. The minimum Gasteiger partial charge on any atom is -0.427 e. The molecule has 1 aliphatic heterocycles. The summed E-state index contributed by atoms with van der Waals surface area (Å²) in [5.74, 6) is 1.84. The SMILES string of the molecule is CCc1c(C)nc(-c2ccc(Cl)s2)nc1Nc1ccn(CC2COB(O)C2)c1. The number of aromatic nitrogens is 3. The van der Waals surface area contributed by atoms with Crippen LogP contribution in [0.25, 0.3) is 10.7 Å². The van der Waals surface area contributed by atoms with E-state index in [1.807, 2.05) is 31.3 Å². The lowest BCUT2D eigenvalue weighted by atomic mass is 9.82. The Balaban J connectivity index is 1.56. The number of thiophene rings is 1. The molecule has 1 saturated heterocycles. The summed E-state index contributed by atoms with van der Waals surface area (Å²) in [7, 11) is -0.626. The second-order valence-electron chi connectivity index (χ2n) is 7.03. The van der Waals surface area contributed by atoms with Gasteiger partial charge < -0.3 is 19.6 Å². The lowest BCUT2D eigenvalue weighted by Gasteiger charge is -2.13. The van der Waals surface area contributed by atoms with E-state index in [0.29, 0.717) is 24.7 Å². The standard InChI is InChI=1S/C19H22BClN4O2S/c1-3-15-12(2)22-19(16-4-5-17(21)28-16)24-18(15)23-14-6-7-25(10-14)9-13-8-20(26)27-11-13/h4-7,10,13,26H,3,8-9,11H2,1-2H3,(H,22,23,24). The topological polar surface area (TPSA) is 72.2 Å². The van der Waals surface area contributed by atoms with Crippen molar-refractivity contribution in [3.8, 4) is 10.7 Å². The van der Waals surface area contributed by atoms with Gasteiger partial charge in [-0.3, -0.25) is 0 Å². The van der Waals surface area contributed by atoms with Crippen molar-refractivity contribution in [2.45, 2.75) is 33.1 Å². The number of hydrogen-bond acceptors (Lipinski definition) is 6. The summed E-state index contributed by atoms with van der Waals surface area (Å²) < 4.78 is 8.09. The maximum Gasteiger partial charge on any atom is 0.454 e. The summed E-state index contributed by atoms with van der Waals surface area (Å²) in [6.45, 7) is 5.54. The average molecular weight is 417 g/mol. The van der Waals surface area contributed by atoms with Crippen molar-refractivity contribution in [1.82, 2.24) is 14.5 Å². The third-order valence-electron chi connectivity index (χ3n) is 4.90. The predicted molar refractivity (Wildman–Crippen MR) is 114 cm³/mol. The van der Waals surface area contributed by atoms with Gasteiger partial charge in [-0.1, -0.05) is 18.5 Å². The molecule has 0 saturated carbocycles. The zero-order valence-electron chi connectivity index (χ0n) is 15.9. The van der Waals surface area contributed by atoms with Crippen LogP contribution in [-0.2, 0) is 17.6 Å². The van der Waals surface area contributed by atoms with Crippen molar-refractivity contribution in [3.63, 3.8) is 0 Å². The zero-order chi connectivity index (χ0) is 19.7. The van der Waals surface area contributed by atoms with Crippen LogP contribution >= 0.6 is 22.9 Å². The molecule has 4 rings (SSSR count). The van der Waals surface area contributed by atoms with Gasteiger partial charge in [0.1, 0.15) is 5.82 Å². The van der Waals surface area contributed by atoms with Gasteiger partial charge in [0.15, 0.2) is 5.82 Å². The van der Waals surface area contributed by atoms with Gasteiger partial charge in [-0.15, -0.1) is 11.3 Å². The van der Waals surface area contributed by atoms with Crippen molar-refractivity contribution >= 4 is 41.6 Å². The van der Waals surface area contributed by atoms with Crippen molar-refractivity contribution in [2.75, 3.05) is 11.9 Å². The van der Waals surface area contributed by atoms with Gasteiger partial charge in [0.05, 0.1) is 14.9 Å². The highest BCUT2D eigenvalue weighted by Gasteiger charge is 2.28. The zero-order valence-corrected chi connectivity index (χ0v) is 17.4. The van der Waals surface area contributed by atoms with E-state index in [1.54, 1.807) is 0 Å². The average Bonchev–Trinajstić information content (AvgIpc) is 3.38. The van der Waals surface area contributed by atoms with Crippen LogP contribution in [0.4, 0.5) is 11.5 Å². The first-order chi connectivity index (χ1) is 13.5. The first-order valence-electron chi connectivity index (χ1n) is 9.37. The number of halogens is 1. The number of anilines is 2. The maximum atomic E-state index is 9.52. The molecule has 2 N–H and O–H groups in total. The smallest absolute Gasteiger partial charge is 0.427 e. The number of nitrogens with zero attached hydrogens (tertiary/aromatic N) is 3. The van der Waals surface area contributed by atoms with Crippen LogP contribution in [-0.4, -0.2) is 33.3 Å². The van der Waals surface area contributed by atoms with E-state index in [9.17, 15) is 5.02 Å². The highest BCUT2D eigenvalue weighted by atomic mass is 35.5. The Morgan fingerprint density at radius 1 is 1.39 bits per heavy atom. The Morgan fingerprint density at radius 2 is 2.25 bits per heavy atom. The number of aryl methyl sites for hydroxylation is 1. The van der Waals surface area contributed by atoms with E-state index in [2.05, 4.69) is 28.0 Å². The van der Waals surface area contributed by atoms with Crippen LogP contribution < -0.4 is 5.32 Å². The Labute approximate surface area is 173 Å². The van der Waals surface area contributed by atoms with Crippen LogP contribution in [0.2, 0.25) is 10.7 Å². The molecule has 9 heteroatoms. The largest absolute Gasteiger partial charge is 0.454 e. The molecule has 1 aliphatic rings. The molecule has 4 heterocycles. The van der Waals surface area contributed by atoms with Crippen LogP contribution in [0, 0.1) is 12.8 Å². The molecule has 0 spiro atoms. The Bertz CT molecular complexity index is 977. The van der Waals surface area contributed by atoms with Gasteiger partial charge in [-0.2, -0.15) is 0 Å². The highest BCUT2D eigenvalue weighted by molar-refractivity contribution is 7.19. The van der Waals surface area contributed by atoms with Crippen LogP contribution in [0.15, 0.2) is 30.6 Å². The molecule has 146 valence electrons.